The van der Waals surface area contributed by atoms with Crippen molar-refractivity contribution in [3.63, 3.8) is 0 Å². The summed E-state index contributed by atoms with van der Waals surface area (Å²) in [7, 11) is 0. The summed E-state index contributed by atoms with van der Waals surface area (Å²) in [6, 6.07) is 3.62. The van der Waals surface area contributed by atoms with E-state index in [1.165, 1.54) is 0 Å². The van der Waals surface area contributed by atoms with Gasteiger partial charge < -0.3 is 15.5 Å². The third-order valence-corrected chi connectivity index (χ3v) is 4.21. The third kappa shape index (κ3) is 1.85. The Hall–Kier alpha value is -0.970. The third-order valence-electron chi connectivity index (χ3n) is 3.41. The van der Waals surface area contributed by atoms with Crippen molar-refractivity contribution in [2.45, 2.75) is 12.6 Å². The SMILES string of the molecule is O=C1N[C@@H]2CCNCCN2c2ccc(Cl)c(Cl)c21. The lowest BCUT2D eigenvalue weighted by Crippen LogP contribution is -2.53. The fourth-order valence-corrected chi connectivity index (χ4v) is 2.94. The Kier molecular flexibility index (Phi) is 3.09. The van der Waals surface area contributed by atoms with Gasteiger partial charge in [-0.05, 0) is 25.1 Å². The molecule has 96 valence electrons. The van der Waals surface area contributed by atoms with Gasteiger partial charge in [0.15, 0.2) is 0 Å². The number of hydrogen-bond donors (Lipinski definition) is 2. The second-order valence-electron chi connectivity index (χ2n) is 4.48. The highest BCUT2D eigenvalue weighted by Gasteiger charge is 2.33. The van der Waals surface area contributed by atoms with Gasteiger partial charge in [0.2, 0.25) is 0 Å². The molecule has 0 spiro atoms. The Morgan fingerprint density at radius 1 is 1.28 bits per heavy atom. The maximum absolute atomic E-state index is 12.1. The molecular weight excluding hydrogens is 273 g/mol. The molecule has 0 radical (unpaired) electrons. The minimum atomic E-state index is -0.138. The van der Waals surface area contributed by atoms with E-state index >= 15 is 0 Å². The Labute approximate surface area is 115 Å². The molecule has 1 saturated heterocycles. The lowest BCUT2D eigenvalue weighted by molar-refractivity contribution is 0.0926. The number of fused-ring (bicyclic) bond motifs is 3. The van der Waals surface area contributed by atoms with Crippen LogP contribution in [0.4, 0.5) is 5.69 Å². The first-order valence-electron chi connectivity index (χ1n) is 5.94. The van der Waals surface area contributed by atoms with Gasteiger partial charge in [-0.1, -0.05) is 23.2 Å². The van der Waals surface area contributed by atoms with E-state index in [1.54, 1.807) is 6.07 Å². The molecule has 0 aromatic heterocycles. The van der Waals surface area contributed by atoms with Crippen LogP contribution in [0.5, 0.6) is 0 Å². The van der Waals surface area contributed by atoms with E-state index in [1.807, 2.05) is 6.07 Å². The standard InChI is InChI=1S/C12H13Cl2N3O/c13-7-1-2-8-10(11(7)14)12(18)16-9-3-4-15-5-6-17(8)9/h1-2,9,15H,3-6H2,(H,16,18)/t9-/m0/s1. The molecule has 6 heteroatoms. The molecule has 0 saturated carbocycles. The van der Waals surface area contributed by atoms with Crippen molar-refractivity contribution in [2.24, 2.45) is 0 Å². The van der Waals surface area contributed by atoms with E-state index < -0.39 is 0 Å². The van der Waals surface area contributed by atoms with Crippen LogP contribution in [0.15, 0.2) is 12.1 Å². The molecule has 2 N–H and O–H groups in total. The van der Waals surface area contributed by atoms with Gasteiger partial charge >= 0.3 is 0 Å². The summed E-state index contributed by atoms with van der Waals surface area (Å²) in [6.45, 7) is 2.64. The predicted octanol–water partition coefficient (Wildman–Crippen LogP) is 1.86. The average Bonchev–Trinajstić information content (AvgIpc) is 2.58. The number of nitrogens with one attached hydrogen (secondary N) is 2. The number of carbonyl (C=O) groups excluding carboxylic acids is 1. The van der Waals surface area contributed by atoms with Crippen LogP contribution in [-0.4, -0.2) is 31.7 Å². The number of rotatable bonds is 0. The maximum atomic E-state index is 12.1. The molecule has 3 rings (SSSR count). The fraction of sp³-hybridized carbons (Fsp3) is 0.417. The molecule has 1 fully saturated rings. The summed E-state index contributed by atoms with van der Waals surface area (Å²) in [5, 5.41) is 7.06. The molecule has 18 heavy (non-hydrogen) atoms. The molecule has 4 nitrogen and oxygen atoms in total. The van der Waals surface area contributed by atoms with E-state index in [-0.39, 0.29) is 12.1 Å². The van der Waals surface area contributed by atoms with Crippen LogP contribution in [-0.2, 0) is 0 Å². The van der Waals surface area contributed by atoms with Crippen molar-refractivity contribution in [2.75, 3.05) is 24.5 Å². The molecule has 1 amide bonds. The van der Waals surface area contributed by atoms with Crippen LogP contribution in [0.2, 0.25) is 10.0 Å². The van der Waals surface area contributed by atoms with Gasteiger partial charge in [0.1, 0.15) is 6.17 Å². The molecule has 0 unspecified atom stereocenters. The first kappa shape index (κ1) is 12.1. The molecule has 2 aliphatic heterocycles. The molecule has 2 aliphatic rings. The van der Waals surface area contributed by atoms with E-state index in [2.05, 4.69) is 15.5 Å². The van der Waals surface area contributed by atoms with Crippen molar-refractivity contribution in [3.8, 4) is 0 Å². The van der Waals surface area contributed by atoms with Gasteiger partial charge in [0.25, 0.3) is 5.91 Å². The predicted molar refractivity (Wildman–Crippen MR) is 72.5 cm³/mol. The number of hydrogen-bond acceptors (Lipinski definition) is 3. The number of anilines is 1. The van der Waals surface area contributed by atoms with Crippen LogP contribution in [0.1, 0.15) is 16.8 Å². The Balaban J connectivity index is 2.11. The second-order valence-corrected chi connectivity index (χ2v) is 5.26. The zero-order valence-corrected chi connectivity index (χ0v) is 11.2. The van der Waals surface area contributed by atoms with Crippen LogP contribution >= 0.6 is 23.2 Å². The molecule has 1 aromatic carbocycles. The van der Waals surface area contributed by atoms with Crippen LogP contribution in [0.3, 0.4) is 0 Å². The minimum absolute atomic E-state index is 0.0391. The highest BCUT2D eigenvalue weighted by Crippen LogP contribution is 2.36. The van der Waals surface area contributed by atoms with Crippen molar-refractivity contribution < 1.29 is 4.79 Å². The van der Waals surface area contributed by atoms with Crippen LogP contribution in [0.25, 0.3) is 0 Å². The first-order chi connectivity index (χ1) is 8.68. The molecular formula is C12H13Cl2N3O. The number of halogens is 2. The number of amides is 1. The quantitative estimate of drug-likeness (QED) is 0.765. The number of nitrogens with zero attached hydrogens (tertiary/aromatic N) is 1. The molecule has 0 aliphatic carbocycles. The van der Waals surface area contributed by atoms with Gasteiger partial charge in [0, 0.05) is 13.1 Å². The Morgan fingerprint density at radius 2 is 2.11 bits per heavy atom. The van der Waals surface area contributed by atoms with Crippen LogP contribution < -0.4 is 15.5 Å². The molecule has 1 aromatic rings. The van der Waals surface area contributed by atoms with Crippen molar-refractivity contribution in [1.82, 2.24) is 10.6 Å². The van der Waals surface area contributed by atoms with E-state index in [9.17, 15) is 4.79 Å². The Bertz CT molecular complexity index is 506. The lowest BCUT2D eigenvalue weighted by atomic mass is 10.1. The first-order valence-corrected chi connectivity index (χ1v) is 6.70. The van der Waals surface area contributed by atoms with Gasteiger partial charge in [-0.25, -0.2) is 0 Å². The number of benzene rings is 1. The normalized spacial score (nSPS) is 22.9. The molecule has 0 bridgehead atoms. The van der Waals surface area contributed by atoms with Gasteiger partial charge in [-0.3, -0.25) is 4.79 Å². The van der Waals surface area contributed by atoms with E-state index in [4.69, 9.17) is 23.2 Å². The summed E-state index contributed by atoms with van der Waals surface area (Å²) in [6.07, 6.45) is 0.919. The molecule has 2 heterocycles. The molecule has 1 atom stereocenters. The average molecular weight is 286 g/mol. The van der Waals surface area contributed by atoms with Crippen molar-refractivity contribution >= 4 is 34.8 Å². The maximum Gasteiger partial charge on any atom is 0.256 e. The van der Waals surface area contributed by atoms with E-state index in [0.717, 1.165) is 31.7 Å². The van der Waals surface area contributed by atoms with E-state index in [0.29, 0.717) is 15.6 Å². The smallest absolute Gasteiger partial charge is 0.256 e. The highest BCUT2D eigenvalue weighted by atomic mass is 35.5. The Morgan fingerprint density at radius 3 is 2.94 bits per heavy atom. The largest absolute Gasteiger partial charge is 0.349 e. The summed E-state index contributed by atoms with van der Waals surface area (Å²) in [4.78, 5) is 14.3. The zero-order chi connectivity index (χ0) is 12.7. The van der Waals surface area contributed by atoms with Crippen molar-refractivity contribution in [1.29, 1.82) is 0 Å². The van der Waals surface area contributed by atoms with Gasteiger partial charge in [0.05, 0.1) is 21.3 Å². The van der Waals surface area contributed by atoms with Gasteiger partial charge in [-0.2, -0.15) is 0 Å². The van der Waals surface area contributed by atoms with Gasteiger partial charge in [-0.15, -0.1) is 0 Å². The second kappa shape index (κ2) is 4.61. The fourth-order valence-electron chi connectivity index (χ4n) is 2.53. The summed E-state index contributed by atoms with van der Waals surface area (Å²) in [5.41, 5.74) is 1.36. The summed E-state index contributed by atoms with van der Waals surface area (Å²) < 4.78 is 0. The van der Waals surface area contributed by atoms with Crippen molar-refractivity contribution in [3.05, 3.63) is 27.7 Å². The van der Waals surface area contributed by atoms with Crippen LogP contribution in [0, 0.1) is 0 Å². The summed E-state index contributed by atoms with van der Waals surface area (Å²) >= 11 is 12.1. The number of carbonyl (C=O) groups is 1. The zero-order valence-electron chi connectivity index (χ0n) is 9.67. The topological polar surface area (TPSA) is 44.4 Å². The monoisotopic (exact) mass is 285 g/mol. The summed E-state index contributed by atoms with van der Waals surface area (Å²) in [5.74, 6) is -0.138. The highest BCUT2D eigenvalue weighted by molar-refractivity contribution is 6.44. The lowest BCUT2D eigenvalue weighted by Gasteiger charge is -2.38. The minimum Gasteiger partial charge on any atom is -0.349 e.